The number of aromatic nitrogens is 2. The predicted octanol–water partition coefficient (Wildman–Crippen LogP) is 5.42. The number of rotatable bonds is 10. The van der Waals surface area contributed by atoms with Crippen LogP contribution in [-0.4, -0.2) is 73.3 Å². The van der Waals surface area contributed by atoms with Crippen LogP contribution in [0.1, 0.15) is 16.7 Å². The molecule has 1 fully saturated rings. The smallest absolute Gasteiger partial charge is 0.416 e. The van der Waals surface area contributed by atoms with Crippen molar-refractivity contribution < 1.29 is 46.0 Å². The summed E-state index contributed by atoms with van der Waals surface area (Å²) in [5.74, 6) is 0.711. The van der Waals surface area contributed by atoms with Crippen LogP contribution >= 0.6 is 0 Å². The minimum absolute atomic E-state index is 0.0978. The molecule has 0 unspecified atom stereocenters. The highest BCUT2D eigenvalue weighted by molar-refractivity contribution is 5.94. The Labute approximate surface area is 255 Å². The van der Waals surface area contributed by atoms with E-state index in [0.717, 1.165) is 25.7 Å². The summed E-state index contributed by atoms with van der Waals surface area (Å²) in [6.45, 7) is 4.95. The monoisotopic (exact) mass is 627 g/mol. The van der Waals surface area contributed by atoms with E-state index in [1.165, 1.54) is 6.33 Å². The normalized spacial score (nSPS) is 15.2. The number of carbonyl (C=O) groups excluding carboxylic acids is 1. The molecule has 2 aliphatic heterocycles. The van der Waals surface area contributed by atoms with Gasteiger partial charge in [-0.25, -0.2) is 14.4 Å². The first kappa shape index (κ1) is 30.5. The van der Waals surface area contributed by atoms with Crippen LogP contribution in [0, 0.1) is 5.82 Å². The Bertz CT molecular complexity index is 1680. The molecule has 0 amide bonds. The molecule has 9 nitrogen and oxygen atoms in total. The summed E-state index contributed by atoms with van der Waals surface area (Å²) in [5.41, 5.74) is -0.184. The first-order chi connectivity index (χ1) is 21.7. The Kier molecular flexibility index (Phi) is 8.99. The SMILES string of the molecule is O=C(Cc1ccc(Oc2ncnc3cc(OCCN4CCOCC4)c4c(c23)OCCO4)cc1)Cc1cc(C(F)(F)F)ccc1F. The number of Topliss-reactive ketones (excluding diaryl/α,β-unsaturated/α-hetero) is 1. The standard InChI is InChI=1S/C32H29F4N3O6/c33-25-6-3-22(32(34,35)36)16-21(25)17-23(40)15-20-1-4-24(5-2-20)45-31-28-26(37-19-38-31)18-27(29-30(28)44-14-13-43-29)42-12-9-39-7-10-41-11-8-39/h1-6,16,18-19H,7-15,17H2. The minimum Gasteiger partial charge on any atom is -0.488 e. The summed E-state index contributed by atoms with van der Waals surface area (Å²) in [4.78, 5) is 23.6. The van der Waals surface area contributed by atoms with Crippen LogP contribution in [0.5, 0.6) is 28.9 Å². The molecule has 0 bridgehead atoms. The van der Waals surface area contributed by atoms with Crippen LogP contribution in [0.25, 0.3) is 10.9 Å². The molecule has 3 aromatic carbocycles. The maximum Gasteiger partial charge on any atom is 0.416 e. The lowest BCUT2D eigenvalue weighted by atomic mass is 10.0. The molecule has 3 heterocycles. The molecule has 0 aliphatic carbocycles. The van der Waals surface area contributed by atoms with Crippen LogP contribution < -0.4 is 18.9 Å². The van der Waals surface area contributed by atoms with Crippen molar-refractivity contribution in [1.82, 2.24) is 14.9 Å². The molecule has 0 atom stereocenters. The molecule has 1 saturated heterocycles. The second kappa shape index (κ2) is 13.2. The minimum atomic E-state index is -4.63. The summed E-state index contributed by atoms with van der Waals surface area (Å²) in [6, 6.07) is 10.4. The van der Waals surface area contributed by atoms with Crippen LogP contribution in [0.2, 0.25) is 0 Å². The van der Waals surface area contributed by atoms with Gasteiger partial charge in [-0.1, -0.05) is 12.1 Å². The van der Waals surface area contributed by atoms with Gasteiger partial charge in [0.25, 0.3) is 0 Å². The zero-order valence-electron chi connectivity index (χ0n) is 24.1. The van der Waals surface area contributed by atoms with E-state index in [9.17, 15) is 22.4 Å². The average Bonchev–Trinajstić information content (AvgIpc) is 3.03. The number of benzene rings is 3. The fraction of sp³-hybridized carbons (Fsp3) is 0.344. The lowest BCUT2D eigenvalue weighted by Crippen LogP contribution is -2.38. The Morgan fingerprint density at radius 3 is 2.42 bits per heavy atom. The van der Waals surface area contributed by atoms with Gasteiger partial charge in [-0.05, 0) is 41.5 Å². The molecular formula is C32H29F4N3O6. The Morgan fingerprint density at radius 2 is 1.67 bits per heavy atom. The molecule has 45 heavy (non-hydrogen) atoms. The number of alkyl halides is 3. The van der Waals surface area contributed by atoms with E-state index in [1.54, 1.807) is 30.3 Å². The highest BCUT2D eigenvalue weighted by Crippen LogP contribution is 2.47. The highest BCUT2D eigenvalue weighted by atomic mass is 19.4. The Balaban J connectivity index is 1.15. The molecule has 0 radical (unpaired) electrons. The number of halogens is 4. The molecule has 13 heteroatoms. The van der Waals surface area contributed by atoms with Crippen LogP contribution in [0.15, 0.2) is 54.9 Å². The van der Waals surface area contributed by atoms with Crippen molar-refractivity contribution in [3.63, 3.8) is 0 Å². The first-order valence-electron chi connectivity index (χ1n) is 14.4. The predicted molar refractivity (Wildman–Crippen MR) is 154 cm³/mol. The van der Waals surface area contributed by atoms with Crippen molar-refractivity contribution in [2.75, 3.05) is 52.7 Å². The second-order valence-corrected chi connectivity index (χ2v) is 10.5. The van der Waals surface area contributed by atoms with Gasteiger partial charge in [-0.2, -0.15) is 13.2 Å². The topological polar surface area (TPSA) is 92.2 Å². The van der Waals surface area contributed by atoms with Gasteiger partial charge in [0.05, 0.1) is 24.3 Å². The number of nitrogens with zero attached hydrogens (tertiary/aromatic N) is 3. The van der Waals surface area contributed by atoms with E-state index in [2.05, 4.69) is 14.9 Å². The summed E-state index contributed by atoms with van der Waals surface area (Å²) in [5, 5.41) is 0.509. The van der Waals surface area contributed by atoms with E-state index < -0.39 is 29.8 Å². The highest BCUT2D eigenvalue weighted by Gasteiger charge is 2.31. The third-order valence-electron chi connectivity index (χ3n) is 7.41. The maximum atomic E-state index is 14.1. The molecular weight excluding hydrogens is 598 g/mol. The molecule has 0 saturated carbocycles. The number of hydrogen-bond acceptors (Lipinski definition) is 9. The number of morpholine rings is 1. The average molecular weight is 628 g/mol. The molecule has 0 spiro atoms. The van der Waals surface area contributed by atoms with Crippen LogP contribution in [-0.2, 0) is 28.5 Å². The van der Waals surface area contributed by atoms with Crippen molar-refractivity contribution in [1.29, 1.82) is 0 Å². The van der Waals surface area contributed by atoms with E-state index in [0.29, 0.717) is 84.6 Å². The molecule has 0 N–H and O–H groups in total. The Hall–Kier alpha value is -4.49. The van der Waals surface area contributed by atoms with Crippen molar-refractivity contribution in [3.8, 4) is 28.9 Å². The van der Waals surface area contributed by atoms with Gasteiger partial charge in [-0.3, -0.25) is 9.69 Å². The van der Waals surface area contributed by atoms with E-state index in [4.69, 9.17) is 23.7 Å². The number of hydrogen-bond donors (Lipinski definition) is 0. The molecule has 6 rings (SSSR count). The second-order valence-electron chi connectivity index (χ2n) is 10.5. The third kappa shape index (κ3) is 7.26. The van der Waals surface area contributed by atoms with E-state index >= 15 is 0 Å². The summed E-state index contributed by atoms with van der Waals surface area (Å²) < 4.78 is 82.7. The lowest BCUT2D eigenvalue weighted by molar-refractivity contribution is -0.137. The number of carbonyl (C=O) groups is 1. The van der Waals surface area contributed by atoms with Gasteiger partial charge in [0.1, 0.15) is 48.9 Å². The maximum absolute atomic E-state index is 14.1. The first-order valence-corrected chi connectivity index (χ1v) is 14.4. The van der Waals surface area contributed by atoms with Gasteiger partial charge in [0.15, 0.2) is 11.5 Å². The summed E-state index contributed by atoms with van der Waals surface area (Å²) in [7, 11) is 0. The zero-order valence-corrected chi connectivity index (χ0v) is 24.1. The van der Waals surface area contributed by atoms with Crippen molar-refractivity contribution >= 4 is 16.7 Å². The summed E-state index contributed by atoms with van der Waals surface area (Å²) in [6.07, 6.45) is -3.83. The quantitative estimate of drug-likeness (QED) is 0.214. The zero-order chi connectivity index (χ0) is 31.4. The molecule has 4 aromatic rings. The van der Waals surface area contributed by atoms with Gasteiger partial charge in [-0.15, -0.1) is 0 Å². The van der Waals surface area contributed by atoms with Crippen molar-refractivity contribution in [2.24, 2.45) is 0 Å². The number of ether oxygens (including phenoxy) is 5. The van der Waals surface area contributed by atoms with Gasteiger partial charge < -0.3 is 23.7 Å². The third-order valence-corrected chi connectivity index (χ3v) is 7.41. The fourth-order valence-electron chi connectivity index (χ4n) is 5.15. The number of ketones is 1. The van der Waals surface area contributed by atoms with Gasteiger partial charge in [0, 0.05) is 38.5 Å². The molecule has 2 aliphatic rings. The lowest BCUT2D eigenvalue weighted by Gasteiger charge is -2.27. The van der Waals surface area contributed by atoms with Crippen molar-refractivity contribution in [3.05, 3.63) is 77.4 Å². The van der Waals surface area contributed by atoms with Gasteiger partial charge >= 0.3 is 6.18 Å². The van der Waals surface area contributed by atoms with Crippen LogP contribution in [0.3, 0.4) is 0 Å². The van der Waals surface area contributed by atoms with Crippen LogP contribution in [0.4, 0.5) is 17.6 Å². The molecule has 1 aromatic heterocycles. The van der Waals surface area contributed by atoms with E-state index in [-0.39, 0.29) is 17.9 Å². The van der Waals surface area contributed by atoms with E-state index in [1.807, 2.05) is 0 Å². The fourth-order valence-corrected chi connectivity index (χ4v) is 5.15. The van der Waals surface area contributed by atoms with Crippen molar-refractivity contribution in [2.45, 2.75) is 19.0 Å². The Morgan fingerprint density at radius 1 is 0.911 bits per heavy atom. The number of fused-ring (bicyclic) bond motifs is 3. The summed E-state index contributed by atoms with van der Waals surface area (Å²) >= 11 is 0. The molecule has 236 valence electrons. The largest absolute Gasteiger partial charge is 0.488 e. The van der Waals surface area contributed by atoms with Gasteiger partial charge in [0.2, 0.25) is 11.6 Å².